The molecule has 26 heteroatoms. The number of primary amides is 1. The third kappa shape index (κ3) is 21.3. The van der Waals surface area contributed by atoms with E-state index in [1.807, 2.05) is 0 Å². The Balaban J connectivity index is 2.71. The fraction of sp³-hybridized carbons (Fsp3) is 0.571. The van der Waals surface area contributed by atoms with Gasteiger partial charge in [0.2, 0.25) is 53.2 Å². The molecule has 1 aromatic rings. The molecule has 26 nitrogen and oxygen atoms in total. The van der Waals surface area contributed by atoms with E-state index in [0.717, 1.165) is 0 Å². The van der Waals surface area contributed by atoms with Gasteiger partial charge in [-0.2, -0.15) is 0 Å². The largest absolute Gasteiger partial charge is 0.508 e. The molecule has 68 heavy (non-hydrogen) atoms. The molecule has 9 amide bonds. The number of unbranched alkanes of at least 4 members (excludes halogenated alkanes) is 1. The first-order valence-electron chi connectivity index (χ1n) is 21.8. The Morgan fingerprint density at radius 3 is 1.62 bits per heavy atom. The number of aliphatic carboxylic acids is 3. The highest BCUT2D eigenvalue weighted by molar-refractivity contribution is 5.98. The van der Waals surface area contributed by atoms with Crippen LogP contribution in [0.2, 0.25) is 0 Å². The molecule has 3 unspecified atom stereocenters. The number of rotatable bonds is 17. The number of hydrogen-bond acceptors (Lipinski definition) is 14. The van der Waals surface area contributed by atoms with Crippen LogP contribution in [0.3, 0.4) is 0 Å². The van der Waals surface area contributed by atoms with Crippen molar-refractivity contribution in [3.05, 3.63) is 29.8 Å². The zero-order valence-electron chi connectivity index (χ0n) is 37.7. The van der Waals surface area contributed by atoms with Crippen LogP contribution in [0.1, 0.15) is 90.0 Å². The summed E-state index contributed by atoms with van der Waals surface area (Å²) in [5.74, 6) is -14.3. The zero-order chi connectivity index (χ0) is 51.1. The molecule has 16 N–H and O–H groups in total. The minimum absolute atomic E-state index is 0.0641. The molecule has 1 aromatic carbocycles. The van der Waals surface area contributed by atoms with Crippen molar-refractivity contribution in [3.63, 3.8) is 0 Å². The second-order valence-corrected chi connectivity index (χ2v) is 16.5. The lowest BCUT2D eigenvalue weighted by molar-refractivity contribution is -0.141. The molecule has 0 saturated carbocycles. The van der Waals surface area contributed by atoms with E-state index in [1.165, 1.54) is 24.3 Å². The van der Waals surface area contributed by atoms with Gasteiger partial charge < -0.3 is 74.4 Å². The van der Waals surface area contributed by atoms with Crippen molar-refractivity contribution in [3.8, 4) is 5.75 Å². The predicted octanol–water partition coefficient (Wildman–Crippen LogP) is -3.90. The number of nitrogens with one attached hydrogen (secondary N) is 8. The molecule has 0 radical (unpaired) electrons. The first-order valence-corrected chi connectivity index (χ1v) is 21.8. The number of carbonyl (C=O) groups excluding carboxylic acids is 9. The molecule has 7 atom stereocenters. The minimum atomic E-state index is -1.93. The third-order valence-electron chi connectivity index (χ3n) is 10.3. The lowest BCUT2D eigenvalue weighted by Crippen LogP contribution is -2.59. The average Bonchev–Trinajstić information content (AvgIpc) is 3.25. The Labute approximate surface area is 390 Å². The zero-order valence-corrected chi connectivity index (χ0v) is 37.7. The van der Waals surface area contributed by atoms with Crippen molar-refractivity contribution in [2.24, 2.45) is 17.4 Å². The molecule has 0 aliphatic carbocycles. The van der Waals surface area contributed by atoms with Gasteiger partial charge in [0.05, 0.1) is 13.0 Å². The van der Waals surface area contributed by atoms with Gasteiger partial charge in [0.25, 0.3) is 0 Å². The summed E-state index contributed by atoms with van der Waals surface area (Å²) >= 11 is 0. The van der Waals surface area contributed by atoms with Crippen molar-refractivity contribution >= 4 is 71.1 Å². The predicted molar refractivity (Wildman–Crippen MR) is 235 cm³/mol. The summed E-state index contributed by atoms with van der Waals surface area (Å²) in [5, 5.41) is 57.0. The number of hydrogen-bond donors (Lipinski definition) is 14. The van der Waals surface area contributed by atoms with Gasteiger partial charge in [-0.1, -0.05) is 26.0 Å². The number of carbonyl (C=O) groups is 12. The van der Waals surface area contributed by atoms with E-state index in [1.54, 1.807) is 13.8 Å². The molecule has 2 rings (SSSR count). The van der Waals surface area contributed by atoms with Crippen molar-refractivity contribution in [1.29, 1.82) is 0 Å². The quantitative estimate of drug-likeness (QED) is 0.0664. The Kier molecular flexibility index (Phi) is 23.9. The van der Waals surface area contributed by atoms with Gasteiger partial charge in [0.15, 0.2) is 0 Å². The molecule has 0 aromatic heterocycles. The van der Waals surface area contributed by atoms with E-state index in [4.69, 9.17) is 11.5 Å². The normalized spacial score (nSPS) is 23.3. The average molecular weight is 963 g/mol. The Morgan fingerprint density at radius 2 is 1.09 bits per heavy atom. The van der Waals surface area contributed by atoms with Gasteiger partial charge in [0, 0.05) is 25.7 Å². The van der Waals surface area contributed by atoms with Crippen LogP contribution in [0, 0.1) is 5.92 Å². The number of carboxylic acids is 3. The second-order valence-electron chi connectivity index (χ2n) is 16.5. The van der Waals surface area contributed by atoms with Gasteiger partial charge in [0.1, 0.15) is 48.0 Å². The maximum Gasteiger partial charge on any atom is 0.305 e. The van der Waals surface area contributed by atoms with Gasteiger partial charge in [-0.15, -0.1) is 0 Å². The number of phenolic OH excluding ortho intramolecular Hbond substituents is 1. The molecular weight excluding hydrogens is 901 g/mol. The van der Waals surface area contributed by atoms with Gasteiger partial charge in [-0.3, -0.25) is 57.5 Å². The third-order valence-corrected chi connectivity index (χ3v) is 10.3. The monoisotopic (exact) mass is 962 g/mol. The summed E-state index contributed by atoms with van der Waals surface area (Å²) in [4.78, 5) is 156. The highest BCUT2D eigenvalue weighted by Crippen LogP contribution is 2.14. The number of phenols is 1. The molecule has 0 spiro atoms. The van der Waals surface area contributed by atoms with Crippen molar-refractivity contribution in [1.82, 2.24) is 42.5 Å². The summed E-state index contributed by atoms with van der Waals surface area (Å²) in [6.07, 6.45) is -4.51. The summed E-state index contributed by atoms with van der Waals surface area (Å²) in [6.45, 7) is 2.65. The summed E-state index contributed by atoms with van der Waals surface area (Å²) < 4.78 is 0. The fourth-order valence-electron chi connectivity index (χ4n) is 6.72. The summed E-state index contributed by atoms with van der Waals surface area (Å²) in [7, 11) is 0. The Bertz CT molecular complexity index is 2000. The van der Waals surface area contributed by atoms with Crippen LogP contribution >= 0.6 is 0 Å². The molecule has 0 bridgehead atoms. The fourth-order valence-corrected chi connectivity index (χ4v) is 6.72. The standard InChI is InChI=1S/C42H62N10O16/c1-21(2)17-28-40(66)51-27(12-15-34(58)59)39(65)48-24(36(44)62)10-13-31(54)46-29(18-22-6-8-23(53)9-7-22)41(67)49-25(5-3-4-16-43)38(64)52-30(19-35(60)61)42(68)50-26(11-14-33(56)57)37(63)45-20-32(55)47-28/h6-9,21,24-30,53H,3-5,10-20,43H2,1-2H3,(H2,44,62)(H,45,63)(H,46,54)(H,47,55)(H,48,65)(H,49,67)(H,50,68)(H,51,66)(H,52,64)(H,56,57)(H,58,59)(H,60,61)/t24-,25-,26?,27?,28?,29-,30-/m0/s1. The number of nitrogens with two attached hydrogens (primary N) is 2. The van der Waals surface area contributed by atoms with Crippen LogP contribution in [0.15, 0.2) is 24.3 Å². The topological polar surface area (TPSA) is 434 Å². The molecule has 1 saturated heterocycles. The van der Waals surface area contributed by atoms with Crippen molar-refractivity contribution in [2.75, 3.05) is 13.1 Å². The number of benzene rings is 1. The Hall–Kier alpha value is -7.38. The summed E-state index contributed by atoms with van der Waals surface area (Å²) in [5.41, 5.74) is 11.6. The van der Waals surface area contributed by atoms with Gasteiger partial charge in [-0.25, -0.2) is 0 Å². The highest BCUT2D eigenvalue weighted by atomic mass is 16.4. The molecule has 1 aliphatic heterocycles. The maximum absolute atomic E-state index is 14.0. The van der Waals surface area contributed by atoms with Crippen LogP contribution in [0.5, 0.6) is 5.75 Å². The van der Waals surface area contributed by atoms with Crippen LogP contribution in [-0.4, -0.2) is 147 Å². The number of amides is 9. The highest BCUT2D eigenvalue weighted by Gasteiger charge is 2.35. The van der Waals surface area contributed by atoms with E-state index < -0.39 is 165 Å². The van der Waals surface area contributed by atoms with E-state index in [9.17, 15) is 78.0 Å². The Morgan fingerprint density at radius 1 is 0.603 bits per heavy atom. The van der Waals surface area contributed by atoms with Crippen molar-refractivity contribution in [2.45, 2.75) is 133 Å². The number of aromatic hydroxyl groups is 1. The van der Waals surface area contributed by atoms with Crippen LogP contribution in [0.25, 0.3) is 0 Å². The molecule has 1 heterocycles. The molecule has 376 valence electrons. The maximum atomic E-state index is 14.0. The smallest absolute Gasteiger partial charge is 0.305 e. The van der Waals surface area contributed by atoms with Crippen LogP contribution < -0.4 is 54.0 Å². The van der Waals surface area contributed by atoms with E-state index in [2.05, 4.69) is 42.5 Å². The van der Waals surface area contributed by atoms with Crippen LogP contribution in [0.4, 0.5) is 0 Å². The first kappa shape index (κ1) is 56.7. The second kappa shape index (κ2) is 28.6. The molecular formula is C42H62N10O16. The van der Waals surface area contributed by atoms with Gasteiger partial charge >= 0.3 is 17.9 Å². The minimum Gasteiger partial charge on any atom is -0.508 e. The lowest BCUT2D eigenvalue weighted by Gasteiger charge is -2.27. The van der Waals surface area contributed by atoms with Crippen molar-refractivity contribution < 1.29 is 78.0 Å². The van der Waals surface area contributed by atoms with E-state index in [-0.39, 0.29) is 43.9 Å². The number of carboxylic acid groups (broad SMARTS) is 3. The first-order chi connectivity index (χ1) is 32.0. The lowest BCUT2D eigenvalue weighted by atomic mass is 10.0. The van der Waals surface area contributed by atoms with Gasteiger partial charge in [-0.05, 0) is 75.1 Å². The van der Waals surface area contributed by atoms with Crippen LogP contribution in [-0.2, 0) is 64.0 Å². The molecule has 1 aliphatic rings. The summed E-state index contributed by atoms with van der Waals surface area (Å²) in [6, 6.07) is -5.85. The van der Waals surface area contributed by atoms with E-state index in [0.29, 0.717) is 12.0 Å². The molecule has 1 fully saturated rings. The van der Waals surface area contributed by atoms with E-state index >= 15 is 0 Å². The SMILES string of the molecule is CC(C)CC1NC(=O)CNC(=O)C(CCC(=O)O)NC(=O)[C@H](CC(=O)O)NC(=O)[C@H](CCCCN)NC(=O)[C@H](Cc2ccc(O)cc2)NC(=O)CC[C@@H](C(N)=O)NC(=O)C(CCC(=O)O)NC1=O.